The zero-order chi connectivity index (χ0) is 19.4. The van der Waals surface area contributed by atoms with Crippen LogP contribution in [0.3, 0.4) is 0 Å². The van der Waals surface area contributed by atoms with Crippen LogP contribution in [0.2, 0.25) is 0 Å². The van der Waals surface area contributed by atoms with Gasteiger partial charge in [0.05, 0.1) is 31.0 Å². The first kappa shape index (κ1) is 19.4. The Kier molecular flexibility index (Phi) is 4.55. The highest BCUT2D eigenvalue weighted by Gasteiger charge is 2.64. The molecule has 0 aliphatic heterocycles. The first-order chi connectivity index (χ1) is 11.9. The van der Waals surface area contributed by atoms with E-state index in [1.165, 1.54) is 7.11 Å². The van der Waals surface area contributed by atoms with Crippen molar-refractivity contribution in [2.75, 3.05) is 13.7 Å². The molecule has 4 fully saturated rings. The molecular formula is C18H24F4O4. The van der Waals surface area contributed by atoms with Crippen molar-refractivity contribution >= 4 is 11.9 Å². The summed E-state index contributed by atoms with van der Waals surface area (Å²) in [6.07, 6.45) is 2.46. The lowest BCUT2D eigenvalue weighted by Gasteiger charge is -2.59. The molecule has 2 unspecified atom stereocenters. The van der Waals surface area contributed by atoms with Gasteiger partial charge in [-0.05, 0) is 50.4 Å². The summed E-state index contributed by atoms with van der Waals surface area (Å²) >= 11 is 0. The molecule has 0 aromatic rings. The van der Waals surface area contributed by atoms with E-state index in [9.17, 15) is 27.2 Å². The van der Waals surface area contributed by atoms with Crippen LogP contribution >= 0.6 is 0 Å². The lowest BCUT2D eigenvalue weighted by Crippen LogP contribution is -2.58. The average Bonchev–Trinajstić information content (AvgIpc) is 2.51. The normalized spacial score (nSPS) is 36.1. The van der Waals surface area contributed by atoms with Gasteiger partial charge < -0.3 is 9.47 Å². The van der Waals surface area contributed by atoms with Gasteiger partial charge >= 0.3 is 23.8 Å². The molecule has 148 valence electrons. The van der Waals surface area contributed by atoms with Crippen molar-refractivity contribution in [3.8, 4) is 0 Å². The quantitative estimate of drug-likeness (QED) is 0.517. The number of carbonyl (C=O) groups is 2. The Morgan fingerprint density at radius 1 is 1.00 bits per heavy atom. The topological polar surface area (TPSA) is 52.6 Å². The Morgan fingerprint density at radius 2 is 1.50 bits per heavy atom. The highest BCUT2D eigenvalue weighted by Crippen LogP contribution is 2.65. The number of halogens is 4. The summed E-state index contributed by atoms with van der Waals surface area (Å²) in [7, 11) is 1.32. The van der Waals surface area contributed by atoms with Crippen LogP contribution in [0.15, 0.2) is 0 Å². The summed E-state index contributed by atoms with van der Waals surface area (Å²) in [6, 6.07) is 0. The van der Waals surface area contributed by atoms with Crippen LogP contribution in [0.25, 0.3) is 0 Å². The lowest BCUT2D eigenvalue weighted by atomic mass is 9.44. The van der Waals surface area contributed by atoms with E-state index in [-0.39, 0.29) is 24.7 Å². The van der Waals surface area contributed by atoms with E-state index in [1.807, 2.05) is 0 Å². The number of rotatable bonds is 6. The molecule has 0 radical (unpaired) electrons. The molecule has 8 heteroatoms. The maximum absolute atomic E-state index is 13.4. The van der Waals surface area contributed by atoms with Crippen LogP contribution in [0.1, 0.15) is 51.9 Å². The fourth-order valence-electron chi connectivity index (χ4n) is 5.60. The molecule has 0 N–H and O–H groups in total. The molecule has 4 rings (SSSR count). The first-order valence-electron chi connectivity index (χ1n) is 8.94. The van der Waals surface area contributed by atoms with Gasteiger partial charge in [0.2, 0.25) is 0 Å². The minimum atomic E-state index is -4.23. The van der Waals surface area contributed by atoms with E-state index in [2.05, 4.69) is 0 Å². The third-order valence-corrected chi connectivity index (χ3v) is 6.40. The van der Waals surface area contributed by atoms with Gasteiger partial charge in [0.25, 0.3) is 0 Å². The standard InChI is InChI=1S/C18H24F4O4/c1-15(19,20)18(21,22)3-4-26-14(24)17-8-11-5-12(9-17)7-16(6-11,10-17)13(23)25-2/h11-12H,3-10H2,1-2H3. The Morgan fingerprint density at radius 3 is 1.96 bits per heavy atom. The molecule has 0 amide bonds. The first-order valence-corrected chi connectivity index (χ1v) is 8.94. The molecule has 4 aliphatic carbocycles. The van der Waals surface area contributed by atoms with Gasteiger partial charge in [-0.15, -0.1) is 0 Å². The third-order valence-electron chi connectivity index (χ3n) is 6.40. The minimum Gasteiger partial charge on any atom is -0.469 e. The van der Waals surface area contributed by atoms with Crippen LogP contribution in [0, 0.1) is 22.7 Å². The average molecular weight is 380 g/mol. The maximum atomic E-state index is 13.4. The largest absolute Gasteiger partial charge is 0.469 e. The zero-order valence-corrected chi connectivity index (χ0v) is 15.0. The van der Waals surface area contributed by atoms with Gasteiger partial charge in [-0.2, -0.15) is 8.78 Å². The Balaban J connectivity index is 1.69. The summed E-state index contributed by atoms with van der Waals surface area (Å²) in [5.41, 5.74) is -1.60. The molecule has 0 heterocycles. The number of methoxy groups -OCH3 is 1. The van der Waals surface area contributed by atoms with Crippen LogP contribution in [0.5, 0.6) is 0 Å². The maximum Gasteiger partial charge on any atom is 0.313 e. The second kappa shape index (κ2) is 6.09. The Hall–Kier alpha value is -1.34. The SMILES string of the molecule is COC(=O)C12CC3CC(C1)CC(C(=O)OCCC(F)(F)C(C)(F)F)(C3)C2. The number of ether oxygens (including phenoxy) is 2. The molecule has 0 spiro atoms. The van der Waals surface area contributed by atoms with Crippen LogP contribution < -0.4 is 0 Å². The van der Waals surface area contributed by atoms with Crippen LogP contribution in [-0.4, -0.2) is 37.5 Å². The smallest absolute Gasteiger partial charge is 0.313 e. The highest BCUT2D eigenvalue weighted by molar-refractivity contribution is 5.83. The molecule has 4 nitrogen and oxygen atoms in total. The molecule has 0 aromatic carbocycles. The van der Waals surface area contributed by atoms with E-state index in [1.54, 1.807) is 0 Å². The van der Waals surface area contributed by atoms with Gasteiger partial charge in [0.15, 0.2) is 0 Å². The van der Waals surface area contributed by atoms with Crippen molar-refractivity contribution in [3.63, 3.8) is 0 Å². The van der Waals surface area contributed by atoms with Gasteiger partial charge in [-0.25, -0.2) is 8.78 Å². The lowest BCUT2D eigenvalue weighted by molar-refractivity contribution is -0.211. The molecule has 2 atom stereocenters. The van der Waals surface area contributed by atoms with E-state index >= 15 is 0 Å². The number of hydrogen-bond donors (Lipinski definition) is 0. The van der Waals surface area contributed by atoms with E-state index < -0.39 is 41.7 Å². The summed E-state index contributed by atoms with van der Waals surface area (Å²) in [4.78, 5) is 25.0. The predicted molar refractivity (Wildman–Crippen MR) is 82.7 cm³/mol. The molecular weight excluding hydrogens is 356 g/mol. The fourth-order valence-corrected chi connectivity index (χ4v) is 5.60. The molecule has 0 aromatic heterocycles. The molecule has 26 heavy (non-hydrogen) atoms. The third kappa shape index (κ3) is 3.09. The second-order valence-corrected chi connectivity index (χ2v) is 8.49. The van der Waals surface area contributed by atoms with E-state index in [0.717, 1.165) is 6.42 Å². The predicted octanol–water partition coefficient (Wildman–Crippen LogP) is 3.97. The van der Waals surface area contributed by atoms with Gasteiger partial charge in [0.1, 0.15) is 0 Å². The summed E-state index contributed by atoms with van der Waals surface area (Å²) in [5.74, 6) is -8.98. The van der Waals surface area contributed by atoms with Crippen molar-refractivity contribution in [1.29, 1.82) is 0 Å². The van der Waals surface area contributed by atoms with Gasteiger partial charge in [0, 0.05) is 6.92 Å². The van der Waals surface area contributed by atoms with Crippen molar-refractivity contribution < 1.29 is 36.6 Å². The van der Waals surface area contributed by atoms with Crippen molar-refractivity contribution in [2.24, 2.45) is 22.7 Å². The number of carbonyl (C=O) groups excluding carboxylic acids is 2. The number of hydrogen-bond acceptors (Lipinski definition) is 4. The number of esters is 2. The van der Waals surface area contributed by atoms with E-state index in [4.69, 9.17) is 9.47 Å². The van der Waals surface area contributed by atoms with Gasteiger partial charge in [-0.1, -0.05) is 0 Å². The fraction of sp³-hybridized carbons (Fsp3) is 0.889. The summed E-state index contributed by atoms with van der Waals surface area (Å²) < 4.78 is 62.4. The molecule has 4 bridgehead atoms. The Labute approximate surface area is 149 Å². The van der Waals surface area contributed by atoms with Crippen molar-refractivity contribution in [1.82, 2.24) is 0 Å². The summed E-state index contributed by atoms with van der Waals surface area (Å²) in [5, 5.41) is 0. The van der Waals surface area contributed by atoms with Crippen LogP contribution in [0.4, 0.5) is 17.6 Å². The Bertz CT molecular complexity index is 584. The zero-order valence-electron chi connectivity index (χ0n) is 15.0. The van der Waals surface area contributed by atoms with Crippen molar-refractivity contribution in [2.45, 2.75) is 63.7 Å². The van der Waals surface area contributed by atoms with Gasteiger partial charge in [-0.3, -0.25) is 9.59 Å². The summed E-state index contributed by atoms with van der Waals surface area (Å²) in [6.45, 7) is -0.619. The van der Waals surface area contributed by atoms with E-state index in [0.29, 0.717) is 32.1 Å². The van der Waals surface area contributed by atoms with Crippen LogP contribution in [-0.2, 0) is 19.1 Å². The highest BCUT2D eigenvalue weighted by atomic mass is 19.3. The molecule has 4 saturated carbocycles. The molecule has 0 saturated heterocycles. The monoisotopic (exact) mass is 380 g/mol. The second-order valence-electron chi connectivity index (χ2n) is 8.49. The molecule has 4 aliphatic rings. The van der Waals surface area contributed by atoms with Crippen molar-refractivity contribution in [3.05, 3.63) is 0 Å². The number of alkyl halides is 4. The minimum absolute atomic E-state index is 0.147.